The Bertz CT molecular complexity index is 1310. The van der Waals surface area contributed by atoms with Crippen LogP contribution >= 0.6 is 0 Å². The largest absolute Gasteiger partial charge is 0.435 e. The molecule has 0 aliphatic heterocycles. The Morgan fingerprint density at radius 1 is 0.794 bits per heavy atom. The minimum absolute atomic E-state index is 0.0364. The Balaban J connectivity index is 1.52. The molecule has 0 bridgehead atoms. The fourth-order valence-corrected chi connectivity index (χ4v) is 3.89. The van der Waals surface area contributed by atoms with Crippen molar-refractivity contribution >= 4 is 10.8 Å². The first-order valence-electron chi connectivity index (χ1n) is 11.4. The third-order valence-corrected chi connectivity index (χ3v) is 5.72. The molecule has 4 aromatic rings. The fourth-order valence-electron chi connectivity index (χ4n) is 3.89. The van der Waals surface area contributed by atoms with Crippen LogP contribution in [-0.4, -0.2) is 6.61 Å². The van der Waals surface area contributed by atoms with Gasteiger partial charge in [-0.15, -0.1) is 0 Å². The molecule has 1 nitrogen and oxygen atoms in total. The maximum Gasteiger partial charge on any atom is 0.387 e. The molecule has 4 heteroatoms. The highest BCUT2D eigenvalue weighted by Gasteiger charge is 2.11. The van der Waals surface area contributed by atoms with Gasteiger partial charge in [0.2, 0.25) is 0 Å². The van der Waals surface area contributed by atoms with E-state index in [0.717, 1.165) is 22.9 Å². The van der Waals surface area contributed by atoms with Crippen LogP contribution in [0.25, 0.3) is 21.9 Å². The highest BCUT2D eigenvalue weighted by Crippen LogP contribution is 2.30. The van der Waals surface area contributed by atoms with Gasteiger partial charge < -0.3 is 4.74 Å². The number of aryl methyl sites for hydroxylation is 1. The van der Waals surface area contributed by atoms with Crippen molar-refractivity contribution in [2.24, 2.45) is 0 Å². The molecule has 0 unspecified atom stereocenters. The Labute approximate surface area is 198 Å². The van der Waals surface area contributed by atoms with Crippen molar-refractivity contribution in [3.05, 3.63) is 101 Å². The normalized spacial score (nSPS) is 10.9. The van der Waals surface area contributed by atoms with Crippen molar-refractivity contribution in [2.75, 3.05) is 0 Å². The van der Waals surface area contributed by atoms with Gasteiger partial charge in [0.15, 0.2) is 0 Å². The minimum atomic E-state index is -2.89. The van der Waals surface area contributed by atoms with Gasteiger partial charge >= 0.3 is 6.61 Å². The van der Waals surface area contributed by atoms with Crippen LogP contribution in [0.3, 0.4) is 0 Å². The summed E-state index contributed by atoms with van der Waals surface area (Å²) >= 11 is 0. The van der Waals surface area contributed by atoms with Gasteiger partial charge in [-0.25, -0.2) is 4.39 Å². The Hall–Kier alpha value is -3.71. The van der Waals surface area contributed by atoms with E-state index in [1.807, 2.05) is 24.3 Å². The summed E-state index contributed by atoms with van der Waals surface area (Å²) in [5, 5.41) is 1.23. The van der Waals surface area contributed by atoms with Crippen LogP contribution in [-0.2, 0) is 6.42 Å². The Morgan fingerprint density at radius 2 is 1.50 bits per heavy atom. The number of alkyl halides is 2. The average Bonchev–Trinajstić information content (AvgIpc) is 2.84. The Morgan fingerprint density at radius 3 is 2.21 bits per heavy atom. The first-order valence-corrected chi connectivity index (χ1v) is 11.4. The van der Waals surface area contributed by atoms with E-state index in [0.29, 0.717) is 16.5 Å². The van der Waals surface area contributed by atoms with Crippen LogP contribution in [0.2, 0.25) is 0 Å². The smallest absolute Gasteiger partial charge is 0.387 e. The molecular formula is C30H25F3O. The molecule has 0 saturated carbocycles. The van der Waals surface area contributed by atoms with Crippen LogP contribution < -0.4 is 4.74 Å². The highest BCUT2D eigenvalue weighted by atomic mass is 19.3. The zero-order valence-corrected chi connectivity index (χ0v) is 19.0. The summed E-state index contributed by atoms with van der Waals surface area (Å²) in [6, 6.07) is 23.2. The van der Waals surface area contributed by atoms with Crippen molar-refractivity contribution in [1.29, 1.82) is 0 Å². The summed E-state index contributed by atoms with van der Waals surface area (Å²) in [5.74, 6) is 6.02. The second kappa shape index (κ2) is 10.9. The van der Waals surface area contributed by atoms with E-state index in [2.05, 4.69) is 35.6 Å². The molecule has 4 rings (SSSR count). The molecular weight excluding hydrogens is 433 g/mol. The maximum absolute atomic E-state index is 15.2. The average molecular weight is 459 g/mol. The number of rotatable bonds is 7. The Kier molecular flexibility index (Phi) is 7.54. The zero-order chi connectivity index (χ0) is 23.9. The lowest BCUT2D eigenvalue weighted by Gasteiger charge is -2.09. The van der Waals surface area contributed by atoms with Crippen LogP contribution in [0.1, 0.15) is 42.9 Å². The molecule has 34 heavy (non-hydrogen) atoms. The second-order valence-corrected chi connectivity index (χ2v) is 8.17. The van der Waals surface area contributed by atoms with E-state index in [1.165, 1.54) is 37.0 Å². The second-order valence-electron chi connectivity index (χ2n) is 8.17. The number of benzene rings is 4. The number of ether oxygens (including phenoxy) is 1. The van der Waals surface area contributed by atoms with Crippen molar-refractivity contribution in [3.63, 3.8) is 0 Å². The van der Waals surface area contributed by atoms with Crippen molar-refractivity contribution < 1.29 is 17.9 Å². The molecule has 0 aromatic heterocycles. The first kappa shape index (κ1) is 23.4. The molecule has 0 fully saturated rings. The van der Waals surface area contributed by atoms with Gasteiger partial charge in [0.25, 0.3) is 0 Å². The van der Waals surface area contributed by atoms with Crippen LogP contribution in [0.15, 0.2) is 78.9 Å². The quantitative estimate of drug-likeness (QED) is 0.200. The summed E-state index contributed by atoms with van der Waals surface area (Å²) in [6.07, 6.45) is 4.75. The third-order valence-electron chi connectivity index (χ3n) is 5.72. The van der Waals surface area contributed by atoms with Gasteiger partial charge in [0.05, 0.1) is 0 Å². The van der Waals surface area contributed by atoms with E-state index >= 15 is 4.39 Å². The zero-order valence-electron chi connectivity index (χ0n) is 19.0. The lowest BCUT2D eigenvalue weighted by molar-refractivity contribution is -0.0498. The number of hydrogen-bond acceptors (Lipinski definition) is 1. The van der Waals surface area contributed by atoms with Gasteiger partial charge in [0.1, 0.15) is 11.6 Å². The highest BCUT2D eigenvalue weighted by molar-refractivity contribution is 5.89. The van der Waals surface area contributed by atoms with Gasteiger partial charge in [-0.1, -0.05) is 74.1 Å². The van der Waals surface area contributed by atoms with Crippen molar-refractivity contribution in [1.82, 2.24) is 0 Å². The lowest BCUT2D eigenvalue weighted by Crippen LogP contribution is -2.01. The molecule has 172 valence electrons. The number of halogens is 3. The SMILES string of the molecule is CCCCCc1ccc(C#Cc2ccc3c(F)c(-c4ccc(OC(F)F)cc4)ccc3c2)cc1. The number of fused-ring (bicyclic) bond motifs is 1. The number of hydrogen-bond donors (Lipinski definition) is 0. The fraction of sp³-hybridized carbons (Fsp3) is 0.200. The van der Waals surface area contributed by atoms with E-state index in [-0.39, 0.29) is 11.6 Å². The topological polar surface area (TPSA) is 9.23 Å². The van der Waals surface area contributed by atoms with E-state index in [1.54, 1.807) is 30.3 Å². The van der Waals surface area contributed by atoms with Gasteiger partial charge in [0, 0.05) is 22.1 Å². The summed E-state index contributed by atoms with van der Waals surface area (Å²) in [4.78, 5) is 0. The van der Waals surface area contributed by atoms with E-state index in [4.69, 9.17) is 0 Å². The summed E-state index contributed by atoms with van der Waals surface area (Å²) < 4.78 is 44.3. The van der Waals surface area contributed by atoms with E-state index < -0.39 is 6.61 Å². The monoisotopic (exact) mass is 458 g/mol. The predicted octanol–water partition coefficient (Wildman–Crippen LogP) is 8.38. The summed E-state index contributed by atoms with van der Waals surface area (Å²) in [7, 11) is 0. The molecule has 0 heterocycles. The van der Waals surface area contributed by atoms with Crippen LogP contribution in [0, 0.1) is 17.7 Å². The van der Waals surface area contributed by atoms with Crippen molar-refractivity contribution in [3.8, 4) is 28.7 Å². The maximum atomic E-state index is 15.2. The van der Waals surface area contributed by atoms with Gasteiger partial charge in [-0.05, 0) is 65.8 Å². The predicted molar refractivity (Wildman–Crippen MR) is 132 cm³/mol. The molecule has 0 aliphatic rings. The lowest BCUT2D eigenvalue weighted by atomic mass is 9.99. The van der Waals surface area contributed by atoms with Crippen LogP contribution in [0.5, 0.6) is 5.75 Å². The standard InChI is InChI=1S/C30H25F3O/c1-2-3-4-5-21-6-8-22(9-7-21)10-11-23-12-18-28-25(20-23)15-19-27(29(28)31)24-13-16-26(17-14-24)34-30(32)33/h6-9,12-20,30H,2-5H2,1H3. The molecule has 4 aromatic carbocycles. The van der Waals surface area contributed by atoms with Gasteiger partial charge in [-0.3, -0.25) is 0 Å². The number of unbranched alkanes of at least 4 members (excludes halogenated alkanes) is 2. The molecule has 0 aliphatic carbocycles. The molecule has 0 atom stereocenters. The minimum Gasteiger partial charge on any atom is -0.435 e. The molecule has 0 spiro atoms. The third kappa shape index (κ3) is 5.80. The van der Waals surface area contributed by atoms with Gasteiger partial charge in [-0.2, -0.15) is 8.78 Å². The first-order chi connectivity index (χ1) is 16.5. The molecule has 0 radical (unpaired) electrons. The molecule has 0 saturated heterocycles. The van der Waals surface area contributed by atoms with Crippen molar-refractivity contribution in [2.45, 2.75) is 39.2 Å². The summed E-state index contributed by atoms with van der Waals surface area (Å²) in [5.41, 5.74) is 4.06. The summed E-state index contributed by atoms with van der Waals surface area (Å²) in [6.45, 7) is -0.691. The molecule has 0 N–H and O–H groups in total. The van der Waals surface area contributed by atoms with E-state index in [9.17, 15) is 8.78 Å². The molecule has 0 amide bonds. The van der Waals surface area contributed by atoms with Crippen LogP contribution in [0.4, 0.5) is 13.2 Å².